The van der Waals surface area contributed by atoms with E-state index >= 15 is 0 Å². The Bertz CT molecular complexity index is 176. The van der Waals surface area contributed by atoms with Gasteiger partial charge in [0.05, 0.1) is 6.26 Å². The van der Waals surface area contributed by atoms with Crippen molar-refractivity contribution in [3.05, 3.63) is 24.2 Å². The van der Waals surface area contributed by atoms with Crippen molar-refractivity contribution in [2.75, 3.05) is 0 Å². The first-order valence-corrected chi connectivity index (χ1v) is 2.05. The SMILES string of the molecule is [O]C(=O)c1ccco1. The summed E-state index contributed by atoms with van der Waals surface area (Å²) in [4.78, 5) is 9.86. The molecule has 0 fully saturated rings. The molecule has 0 saturated heterocycles. The summed E-state index contributed by atoms with van der Waals surface area (Å²) in [6, 6.07) is 2.82. The van der Waals surface area contributed by atoms with Gasteiger partial charge in [-0.15, -0.1) is 0 Å². The minimum atomic E-state index is -1.28. The topological polar surface area (TPSA) is 50.1 Å². The minimum absolute atomic E-state index is 0.134. The van der Waals surface area contributed by atoms with Crippen molar-refractivity contribution in [3.63, 3.8) is 0 Å². The van der Waals surface area contributed by atoms with Crippen LogP contribution in [0.15, 0.2) is 22.8 Å². The second-order valence-electron chi connectivity index (χ2n) is 1.26. The fourth-order valence-corrected chi connectivity index (χ4v) is 0.395. The highest BCUT2D eigenvalue weighted by atomic mass is 16.4. The number of hydrogen-bond donors (Lipinski definition) is 0. The van der Waals surface area contributed by atoms with E-state index in [-0.39, 0.29) is 5.76 Å². The van der Waals surface area contributed by atoms with Crippen molar-refractivity contribution in [2.45, 2.75) is 0 Å². The highest BCUT2D eigenvalue weighted by Gasteiger charge is 2.05. The molecular weight excluding hydrogens is 108 g/mol. The van der Waals surface area contributed by atoms with Crippen LogP contribution in [0.4, 0.5) is 0 Å². The van der Waals surface area contributed by atoms with E-state index in [4.69, 9.17) is 0 Å². The van der Waals surface area contributed by atoms with Gasteiger partial charge in [-0.05, 0) is 12.1 Å². The molecule has 41 valence electrons. The molecule has 1 radical (unpaired) electrons. The van der Waals surface area contributed by atoms with E-state index in [0.29, 0.717) is 0 Å². The maximum atomic E-state index is 9.86. The summed E-state index contributed by atoms with van der Waals surface area (Å²) in [5.74, 6) is -1.42. The Balaban J connectivity index is 2.93. The lowest BCUT2D eigenvalue weighted by molar-refractivity contribution is 0.0536. The third kappa shape index (κ3) is 0.703. The van der Waals surface area contributed by atoms with E-state index in [2.05, 4.69) is 4.42 Å². The summed E-state index contributed by atoms with van der Waals surface area (Å²) in [6.07, 6.45) is 1.28. The molecule has 1 heterocycles. The van der Waals surface area contributed by atoms with Gasteiger partial charge in [0.2, 0.25) is 5.76 Å². The third-order valence-corrected chi connectivity index (χ3v) is 0.722. The van der Waals surface area contributed by atoms with Crippen molar-refractivity contribution >= 4 is 5.97 Å². The Morgan fingerprint density at radius 3 is 2.62 bits per heavy atom. The molecule has 0 amide bonds. The molecule has 0 N–H and O–H groups in total. The van der Waals surface area contributed by atoms with Crippen molar-refractivity contribution in [1.29, 1.82) is 0 Å². The monoisotopic (exact) mass is 111 g/mol. The summed E-state index contributed by atoms with van der Waals surface area (Å²) in [5.41, 5.74) is 0. The smallest absolute Gasteiger partial charge is 0.421 e. The van der Waals surface area contributed by atoms with E-state index in [0.717, 1.165) is 0 Å². The lowest BCUT2D eigenvalue weighted by Crippen LogP contribution is -1.88. The standard InChI is InChI=1S/C5H3O3/c6-5(7)4-2-1-3-8-4/h1-3H. The number of furan rings is 1. The van der Waals surface area contributed by atoms with E-state index < -0.39 is 5.97 Å². The van der Waals surface area contributed by atoms with Gasteiger partial charge in [0.1, 0.15) is 0 Å². The molecule has 8 heavy (non-hydrogen) atoms. The van der Waals surface area contributed by atoms with Gasteiger partial charge in [0.25, 0.3) is 0 Å². The van der Waals surface area contributed by atoms with Gasteiger partial charge < -0.3 is 4.42 Å². The van der Waals surface area contributed by atoms with Gasteiger partial charge in [0.15, 0.2) is 0 Å². The first kappa shape index (κ1) is 4.90. The van der Waals surface area contributed by atoms with Crippen LogP contribution in [0.3, 0.4) is 0 Å². The van der Waals surface area contributed by atoms with Gasteiger partial charge in [-0.1, -0.05) is 0 Å². The van der Waals surface area contributed by atoms with Crippen molar-refractivity contribution in [2.24, 2.45) is 0 Å². The number of hydrogen-bond acceptors (Lipinski definition) is 2. The number of carbonyl (C=O) groups is 1. The molecule has 0 saturated carbocycles. The largest absolute Gasteiger partial charge is 0.457 e. The molecular formula is C5H3O3. The maximum absolute atomic E-state index is 9.86. The predicted molar refractivity (Wildman–Crippen MR) is 23.7 cm³/mol. The van der Waals surface area contributed by atoms with Crippen molar-refractivity contribution in [3.8, 4) is 0 Å². The summed E-state index contributed by atoms with van der Waals surface area (Å²) in [5, 5.41) is 9.86. The van der Waals surface area contributed by atoms with E-state index in [1.165, 1.54) is 18.4 Å². The number of rotatable bonds is 1. The van der Waals surface area contributed by atoms with Crippen LogP contribution in [0, 0.1) is 0 Å². The second-order valence-corrected chi connectivity index (χ2v) is 1.26. The van der Waals surface area contributed by atoms with Gasteiger partial charge in [-0.2, -0.15) is 0 Å². The van der Waals surface area contributed by atoms with Crippen LogP contribution in [0.25, 0.3) is 0 Å². The fraction of sp³-hybridized carbons (Fsp3) is 0. The molecule has 0 aliphatic carbocycles. The molecule has 0 unspecified atom stereocenters. The Kier molecular flexibility index (Phi) is 1.04. The fourth-order valence-electron chi connectivity index (χ4n) is 0.395. The zero-order valence-electron chi connectivity index (χ0n) is 3.96. The van der Waals surface area contributed by atoms with Crippen LogP contribution in [-0.2, 0) is 5.11 Å². The van der Waals surface area contributed by atoms with Crippen LogP contribution in [-0.4, -0.2) is 5.97 Å². The molecule has 1 aromatic heterocycles. The molecule has 0 spiro atoms. The molecule has 0 atom stereocenters. The molecule has 0 aromatic carbocycles. The van der Waals surface area contributed by atoms with E-state index in [1.807, 2.05) is 0 Å². The lowest BCUT2D eigenvalue weighted by Gasteiger charge is -1.75. The van der Waals surface area contributed by atoms with E-state index in [9.17, 15) is 9.90 Å². The molecule has 0 aliphatic rings. The highest BCUT2D eigenvalue weighted by Crippen LogP contribution is 1.97. The van der Waals surface area contributed by atoms with Gasteiger partial charge >= 0.3 is 5.97 Å². The Morgan fingerprint density at radius 1 is 1.62 bits per heavy atom. The molecule has 0 bridgehead atoms. The van der Waals surface area contributed by atoms with Crippen LogP contribution >= 0.6 is 0 Å². The minimum Gasteiger partial charge on any atom is -0.457 e. The summed E-state index contributed by atoms with van der Waals surface area (Å²) in [6.45, 7) is 0. The van der Waals surface area contributed by atoms with Gasteiger partial charge in [-0.3, -0.25) is 0 Å². The quantitative estimate of drug-likeness (QED) is 0.539. The summed E-state index contributed by atoms with van der Waals surface area (Å²) in [7, 11) is 0. The Morgan fingerprint density at radius 2 is 2.38 bits per heavy atom. The average Bonchev–Trinajstić information content (AvgIpc) is 2.12. The van der Waals surface area contributed by atoms with Crippen LogP contribution in [0.1, 0.15) is 10.6 Å². The van der Waals surface area contributed by atoms with Crippen LogP contribution in [0.2, 0.25) is 0 Å². The zero-order chi connectivity index (χ0) is 5.98. The molecule has 3 heteroatoms. The third-order valence-electron chi connectivity index (χ3n) is 0.722. The van der Waals surface area contributed by atoms with E-state index in [1.54, 1.807) is 0 Å². The molecule has 1 rings (SSSR count). The second kappa shape index (κ2) is 1.69. The average molecular weight is 111 g/mol. The van der Waals surface area contributed by atoms with Crippen LogP contribution < -0.4 is 0 Å². The zero-order valence-corrected chi connectivity index (χ0v) is 3.96. The Labute approximate surface area is 45.5 Å². The maximum Gasteiger partial charge on any atom is 0.421 e. The molecule has 1 aromatic rings. The van der Waals surface area contributed by atoms with Crippen LogP contribution in [0.5, 0.6) is 0 Å². The molecule has 3 nitrogen and oxygen atoms in total. The first-order chi connectivity index (χ1) is 3.80. The Hall–Kier alpha value is -1.25. The van der Waals surface area contributed by atoms with Gasteiger partial charge in [-0.25, -0.2) is 9.90 Å². The number of carbonyl (C=O) groups excluding carboxylic acids is 1. The van der Waals surface area contributed by atoms with Crippen molar-refractivity contribution < 1.29 is 14.3 Å². The summed E-state index contributed by atoms with van der Waals surface area (Å²) < 4.78 is 4.43. The molecule has 0 aliphatic heterocycles. The first-order valence-electron chi connectivity index (χ1n) is 2.05. The summed E-state index contributed by atoms with van der Waals surface area (Å²) >= 11 is 0. The lowest BCUT2D eigenvalue weighted by atomic mass is 10.5. The predicted octanol–water partition coefficient (Wildman–Crippen LogP) is 0.850. The normalized spacial score (nSPS) is 9.00. The highest BCUT2D eigenvalue weighted by molar-refractivity contribution is 5.83. The van der Waals surface area contributed by atoms with Crippen molar-refractivity contribution in [1.82, 2.24) is 0 Å². The van der Waals surface area contributed by atoms with Gasteiger partial charge in [0, 0.05) is 0 Å².